The van der Waals surface area contributed by atoms with Crippen molar-refractivity contribution in [2.75, 3.05) is 32.9 Å². The molecule has 2 rings (SSSR count). The monoisotopic (exact) mass is 475 g/mol. The molecule has 0 atom stereocenters. The van der Waals surface area contributed by atoms with Crippen molar-refractivity contribution >= 4 is 29.9 Å². The predicted molar refractivity (Wildman–Crippen MR) is 119 cm³/mol. The summed E-state index contributed by atoms with van der Waals surface area (Å²) in [5.74, 6) is 2.71. The first-order valence-electron chi connectivity index (χ1n) is 9.55. The van der Waals surface area contributed by atoms with Crippen molar-refractivity contribution in [1.82, 2.24) is 10.6 Å². The van der Waals surface area contributed by atoms with Crippen LogP contribution in [0.3, 0.4) is 0 Å². The minimum Gasteiger partial charge on any atom is -0.491 e. The van der Waals surface area contributed by atoms with Gasteiger partial charge in [-0.15, -0.1) is 24.0 Å². The van der Waals surface area contributed by atoms with Crippen molar-refractivity contribution in [1.29, 1.82) is 0 Å². The lowest BCUT2D eigenvalue weighted by Crippen LogP contribution is -2.37. The molecule has 5 nitrogen and oxygen atoms in total. The Balaban J connectivity index is 0.00000338. The van der Waals surface area contributed by atoms with Gasteiger partial charge < -0.3 is 20.1 Å². The Morgan fingerprint density at radius 2 is 2.00 bits per heavy atom. The fraction of sp³-hybridized carbons (Fsp3) is 0.650. The number of rotatable bonds is 11. The van der Waals surface area contributed by atoms with E-state index in [0.29, 0.717) is 26.4 Å². The first-order valence-corrected chi connectivity index (χ1v) is 9.55. The maximum atomic E-state index is 5.90. The second-order valence-corrected chi connectivity index (χ2v) is 6.51. The Morgan fingerprint density at radius 3 is 2.69 bits per heavy atom. The largest absolute Gasteiger partial charge is 0.491 e. The molecule has 0 radical (unpaired) electrons. The summed E-state index contributed by atoms with van der Waals surface area (Å²) in [6.45, 7) is 10.5. The van der Waals surface area contributed by atoms with Crippen LogP contribution in [-0.4, -0.2) is 38.9 Å². The predicted octanol–water partition coefficient (Wildman–Crippen LogP) is 3.88. The van der Waals surface area contributed by atoms with Crippen molar-refractivity contribution in [2.24, 2.45) is 10.9 Å². The average Bonchev–Trinajstić information content (AvgIpc) is 3.42. The van der Waals surface area contributed by atoms with Crippen LogP contribution in [0, 0.1) is 12.8 Å². The number of hydrogen-bond donors (Lipinski definition) is 2. The van der Waals surface area contributed by atoms with Crippen LogP contribution in [-0.2, 0) is 11.3 Å². The summed E-state index contributed by atoms with van der Waals surface area (Å²) in [5, 5.41) is 6.75. The summed E-state index contributed by atoms with van der Waals surface area (Å²) >= 11 is 0. The van der Waals surface area contributed by atoms with Gasteiger partial charge >= 0.3 is 0 Å². The smallest absolute Gasteiger partial charge is 0.191 e. The molecule has 2 N–H and O–H groups in total. The summed E-state index contributed by atoms with van der Waals surface area (Å²) in [4.78, 5) is 4.72. The second kappa shape index (κ2) is 13.2. The molecule has 0 spiro atoms. The molecule has 0 aromatic heterocycles. The number of nitrogens with zero attached hydrogens (tertiary/aromatic N) is 1. The maximum absolute atomic E-state index is 5.90. The van der Waals surface area contributed by atoms with Gasteiger partial charge in [-0.05, 0) is 44.7 Å². The highest BCUT2D eigenvalue weighted by atomic mass is 127. The highest BCUT2D eigenvalue weighted by molar-refractivity contribution is 14.0. The molecule has 1 aromatic carbocycles. The first-order chi connectivity index (χ1) is 12.2. The highest BCUT2D eigenvalue weighted by Gasteiger charge is 2.20. The van der Waals surface area contributed by atoms with Gasteiger partial charge in [0.05, 0.1) is 13.2 Å². The fourth-order valence-electron chi connectivity index (χ4n) is 2.59. The Hall–Kier alpha value is -1.02. The van der Waals surface area contributed by atoms with E-state index in [2.05, 4.69) is 42.7 Å². The van der Waals surface area contributed by atoms with Crippen LogP contribution in [0.5, 0.6) is 5.75 Å². The third kappa shape index (κ3) is 9.07. The minimum atomic E-state index is 0. The zero-order chi connectivity index (χ0) is 17.9. The van der Waals surface area contributed by atoms with Crippen LogP contribution in [0.25, 0.3) is 0 Å². The van der Waals surface area contributed by atoms with Gasteiger partial charge in [0.15, 0.2) is 5.96 Å². The van der Waals surface area contributed by atoms with Crippen molar-refractivity contribution in [3.05, 3.63) is 29.3 Å². The number of halogens is 1. The van der Waals surface area contributed by atoms with Crippen molar-refractivity contribution < 1.29 is 9.47 Å². The highest BCUT2D eigenvalue weighted by Crippen LogP contribution is 2.31. The average molecular weight is 475 g/mol. The van der Waals surface area contributed by atoms with Gasteiger partial charge in [0, 0.05) is 25.3 Å². The number of ether oxygens (including phenoxy) is 2. The van der Waals surface area contributed by atoms with Gasteiger partial charge in [0.25, 0.3) is 0 Å². The molecule has 0 amide bonds. The summed E-state index contributed by atoms with van der Waals surface area (Å²) in [6, 6.07) is 6.28. The van der Waals surface area contributed by atoms with E-state index in [9.17, 15) is 0 Å². The van der Waals surface area contributed by atoms with E-state index in [1.165, 1.54) is 24.8 Å². The van der Waals surface area contributed by atoms with Gasteiger partial charge in [-0.3, -0.25) is 0 Å². The summed E-state index contributed by atoms with van der Waals surface area (Å²) in [6.07, 6.45) is 4.02. The molecule has 1 aliphatic carbocycles. The minimum absolute atomic E-state index is 0. The molecule has 1 fully saturated rings. The van der Waals surface area contributed by atoms with E-state index in [1.54, 1.807) is 0 Å². The van der Waals surface area contributed by atoms with E-state index in [1.807, 2.05) is 6.92 Å². The quantitative estimate of drug-likeness (QED) is 0.221. The molecule has 148 valence electrons. The topological polar surface area (TPSA) is 54.9 Å². The molecule has 1 aliphatic rings. The summed E-state index contributed by atoms with van der Waals surface area (Å²) in [7, 11) is 0. The van der Waals surface area contributed by atoms with E-state index >= 15 is 0 Å². The van der Waals surface area contributed by atoms with Gasteiger partial charge in [0.1, 0.15) is 12.4 Å². The van der Waals surface area contributed by atoms with E-state index in [4.69, 9.17) is 14.5 Å². The molecule has 26 heavy (non-hydrogen) atoms. The molecule has 0 bridgehead atoms. The van der Waals surface area contributed by atoms with E-state index in [-0.39, 0.29) is 24.0 Å². The number of hydrogen-bond acceptors (Lipinski definition) is 3. The number of aryl methyl sites for hydroxylation is 1. The first kappa shape index (κ1) is 23.0. The molecule has 6 heteroatoms. The Labute approximate surface area is 175 Å². The van der Waals surface area contributed by atoms with Crippen LogP contribution in [0.4, 0.5) is 0 Å². The van der Waals surface area contributed by atoms with Gasteiger partial charge in [-0.2, -0.15) is 0 Å². The number of benzene rings is 1. The Morgan fingerprint density at radius 1 is 1.19 bits per heavy atom. The molecule has 0 heterocycles. The Kier molecular flexibility index (Phi) is 11.7. The van der Waals surface area contributed by atoms with Crippen molar-refractivity contribution in [3.63, 3.8) is 0 Å². The zero-order valence-corrected chi connectivity index (χ0v) is 18.7. The normalized spacial score (nSPS) is 13.9. The molecule has 0 aliphatic heterocycles. The van der Waals surface area contributed by atoms with Crippen molar-refractivity contribution in [3.8, 4) is 5.75 Å². The van der Waals surface area contributed by atoms with Crippen LogP contribution < -0.4 is 15.4 Å². The van der Waals surface area contributed by atoms with Gasteiger partial charge in [-0.25, -0.2) is 4.99 Å². The maximum Gasteiger partial charge on any atom is 0.191 e. The zero-order valence-electron chi connectivity index (χ0n) is 16.3. The van der Waals surface area contributed by atoms with Gasteiger partial charge in [-0.1, -0.05) is 25.0 Å². The number of guanidine groups is 1. The van der Waals surface area contributed by atoms with E-state index < -0.39 is 0 Å². The molecular formula is C20H34IN3O2. The number of aliphatic imine (C=N–C) groups is 1. The number of nitrogens with one attached hydrogen (secondary N) is 2. The summed E-state index contributed by atoms with van der Waals surface area (Å²) < 4.78 is 11.2. The molecule has 0 unspecified atom stereocenters. The molecule has 1 saturated carbocycles. The van der Waals surface area contributed by atoms with Crippen LogP contribution in [0.2, 0.25) is 0 Å². The second-order valence-electron chi connectivity index (χ2n) is 6.51. The summed E-state index contributed by atoms with van der Waals surface area (Å²) in [5.41, 5.74) is 2.29. The SMILES string of the molecule is CCNC(=NCc1ccc(C)cc1OCCOCC)NCCC1CC1.I. The standard InChI is InChI=1S/C20H33N3O2.HI/c1-4-21-20(22-11-10-17-7-8-17)23-15-18-9-6-16(3)14-19(18)25-13-12-24-5-2;/h6,9,14,17H,4-5,7-8,10-13,15H2,1-3H3,(H2,21,22,23);1H. The van der Waals surface area contributed by atoms with Crippen LogP contribution >= 0.6 is 24.0 Å². The van der Waals surface area contributed by atoms with Crippen molar-refractivity contribution in [2.45, 2.75) is 46.6 Å². The van der Waals surface area contributed by atoms with Crippen LogP contribution in [0.1, 0.15) is 44.2 Å². The lowest BCUT2D eigenvalue weighted by atomic mass is 10.1. The lowest BCUT2D eigenvalue weighted by Gasteiger charge is -2.13. The molecule has 0 saturated heterocycles. The third-order valence-electron chi connectivity index (χ3n) is 4.21. The molecule has 1 aromatic rings. The fourth-order valence-corrected chi connectivity index (χ4v) is 2.59. The van der Waals surface area contributed by atoms with E-state index in [0.717, 1.165) is 36.3 Å². The van der Waals surface area contributed by atoms with Crippen LogP contribution in [0.15, 0.2) is 23.2 Å². The Bertz CT molecular complexity index is 548. The third-order valence-corrected chi connectivity index (χ3v) is 4.21. The molecular weight excluding hydrogens is 441 g/mol. The lowest BCUT2D eigenvalue weighted by molar-refractivity contribution is 0.110. The van der Waals surface area contributed by atoms with Gasteiger partial charge in [0.2, 0.25) is 0 Å².